The number of halogens is 3. The lowest BCUT2D eigenvalue weighted by Crippen LogP contribution is -2.36. The largest absolute Gasteiger partial charge is 0.434 e. The van der Waals surface area contributed by atoms with Crippen molar-refractivity contribution < 1.29 is 13.2 Å². The molecule has 0 spiro atoms. The van der Waals surface area contributed by atoms with Crippen LogP contribution in [0.1, 0.15) is 16.5 Å². The number of alkyl halides is 3. The monoisotopic (exact) mass is 333 g/mol. The maximum atomic E-state index is 12.5. The summed E-state index contributed by atoms with van der Waals surface area (Å²) in [6, 6.07) is 0. The first kappa shape index (κ1) is 16.2. The molecule has 7 nitrogen and oxygen atoms in total. The molecule has 2 rings (SSSR count). The Morgan fingerprint density at radius 1 is 1.36 bits per heavy atom. The van der Waals surface area contributed by atoms with Gasteiger partial charge < -0.3 is 10.6 Å². The number of hydrogen-bond donors (Lipinski definition) is 2. The first-order valence-corrected chi connectivity index (χ1v) is 7.07. The van der Waals surface area contributed by atoms with Crippen molar-refractivity contribution in [3.63, 3.8) is 0 Å². The van der Waals surface area contributed by atoms with Crippen LogP contribution in [0.4, 0.5) is 13.2 Å². The Balaban J connectivity index is 1.86. The van der Waals surface area contributed by atoms with Crippen molar-refractivity contribution in [1.82, 2.24) is 30.4 Å². The fourth-order valence-electron chi connectivity index (χ4n) is 1.55. The summed E-state index contributed by atoms with van der Waals surface area (Å²) in [5, 5.41) is 11.1. The van der Waals surface area contributed by atoms with Crippen molar-refractivity contribution in [2.45, 2.75) is 19.3 Å². The molecule has 2 heterocycles. The van der Waals surface area contributed by atoms with Gasteiger partial charge in [-0.15, -0.1) is 11.3 Å². The number of rotatable bonds is 4. The Bertz CT molecular complexity index is 646. The second-order valence-electron chi connectivity index (χ2n) is 4.20. The van der Waals surface area contributed by atoms with E-state index in [4.69, 9.17) is 0 Å². The molecule has 2 aromatic rings. The lowest BCUT2D eigenvalue weighted by Gasteiger charge is -2.10. The Morgan fingerprint density at radius 2 is 2.09 bits per heavy atom. The van der Waals surface area contributed by atoms with Gasteiger partial charge in [0.15, 0.2) is 11.7 Å². The summed E-state index contributed by atoms with van der Waals surface area (Å²) in [6.07, 6.45) is -2.98. The van der Waals surface area contributed by atoms with Crippen molar-refractivity contribution >= 4 is 17.3 Å². The summed E-state index contributed by atoms with van der Waals surface area (Å²) in [5.41, 5.74) is -0.878. The standard InChI is InChI=1S/C11H14F3N7S/c1-15-10(16-3-8-18-6-19-21(8)2)17-4-9-20-7(5-22-9)11(12,13)14/h5-6H,3-4H2,1-2H3,(H2,15,16,17). The maximum Gasteiger partial charge on any atom is 0.434 e. The predicted molar refractivity (Wildman–Crippen MR) is 75.2 cm³/mol. The SMILES string of the molecule is CN=C(NCc1nc(C(F)(F)F)cs1)NCc1ncnn1C. The summed E-state index contributed by atoms with van der Waals surface area (Å²) in [5.74, 6) is 1.14. The fourth-order valence-corrected chi connectivity index (χ4v) is 2.29. The van der Waals surface area contributed by atoms with E-state index in [2.05, 4.69) is 30.7 Å². The highest BCUT2D eigenvalue weighted by Crippen LogP contribution is 2.29. The Labute approximate surface area is 128 Å². The van der Waals surface area contributed by atoms with Crippen molar-refractivity contribution in [3.05, 3.63) is 28.2 Å². The molecule has 120 valence electrons. The normalized spacial score (nSPS) is 12.5. The van der Waals surface area contributed by atoms with Crippen molar-refractivity contribution in [2.24, 2.45) is 12.0 Å². The fraction of sp³-hybridized carbons (Fsp3) is 0.455. The topological polar surface area (TPSA) is 80.0 Å². The van der Waals surface area contributed by atoms with Crippen LogP contribution in [0.25, 0.3) is 0 Å². The average molecular weight is 333 g/mol. The van der Waals surface area contributed by atoms with Crippen LogP contribution in [0.3, 0.4) is 0 Å². The van der Waals surface area contributed by atoms with Gasteiger partial charge in [-0.2, -0.15) is 18.3 Å². The molecule has 0 aliphatic carbocycles. The van der Waals surface area contributed by atoms with Gasteiger partial charge in [0.25, 0.3) is 0 Å². The van der Waals surface area contributed by atoms with E-state index >= 15 is 0 Å². The molecule has 0 radical (unpaired) electrons. The molecule has 0 saturated heterocycles. The van der Waals surface area contributed by atoms with E-state index in [1.165, 1.54) is 6.33 Å². The quantitative estimate of drug-likeness (QED) is 0.648. The van der Waals surface area contributed by atoms with Crippen LogP contribution in [-0.2, 0) is 26.3 Å². The van der Waals surface area contributed by atoms with Crippen LogP contribution in [0.15, 0.2) is 16.7 Å². The predicted octanol–water partition coefficient (Wildman–Crippen LogP) is 1.16. The van der Waals surface area contributed by atoms with E-state index in [0.29, 0.717) is 23.3 Å². The molecule has 22 heavy (non-hydrogen) atoms. The highest BCUT2D eigenvalue weighted by molar-refractivity contribution is 7.09. The number of guanidine groups is 1. The second-order valence-corrected chi connectivity index (χ2v) is 5.15. The van der Waals surface area contributed by atoms with Gasteiger partial charge in [0.05, 0.1) is 13.1 Å². The third-order valence-corrected chi connectivity index (χ3v) is 3.54. The third kappa shape index (κ3) is 4.16. The van der Waals surface area contributed by atoms with Gasteiger partial charge in [-0.3, -0.25) is 9.67 Å². The summed E-state index contributed by atoms with van der Waals surface area (Å²) < 4.78 is 39.0. The zero-order valence-corrected chi connectivity index (χ0v) is 12.7. The van der Waals surface area contributed by atoms with Crippen molar-refractivity contribution in [3.8, 4) is 0 Å². The summed E-state index contributed by atoms with van der Waals surface area (Å²) in [7, 11) is 3.32. The first-order chi connectivity index (χ1) is 10.4. The number of thiazole rings is 1. The first-order valence-electron chi connectivity index (χ1n) is 6.19. The maximum absolute atomic E-state index is 12.5. The molecule has 0 aliphatic heterocycles. The summed E-state index contributed by atoms with van der Waals surface area (Å²) in [4.78, 5) is 11.6. The minimum atomic E-state index is -4.42. The van der Waals surface area contributed by atoms with Crippen LogP contribution in [0, 0.1) is 0 Å². The van der Waals surface area contributed by atoms with E-state index < -0.39 is 11.9 Å². The zero-order valence-electron chi connectivity index (χ0n) is 11.8. The van der Waals surface area contributed by atoms with E-state index in [1.807, 2.05) is 0 Å². The minimum Gasteiger partial charge on any atom is -0.350 e. The Hall–Kier alpha value is -2.17. The highest BCUT2D eigenvalue weighted by Gasteiger charge is 2.33. The number of aliphatic imine (C=N–C) groups is 1. The molecule has 0 bridgehead atoms. The molecule has 0 unspecified atom stereocenters. The van der Waals surface area contributed by atoms with Crippen LogP contribution in [0.2, 0.25) is 0 Å². The van der Waals surface area contributed by atoms with Crippen LogP contribution in [0.5, 0.6) is 0 Å². The minimum absolute atomic E-state index is 0.152. The van der Waals surface area contributed by atoms with Gasteiger partial charge in [-0.1, -0.05) is 0 Å². The van der Waals surface area contributed by atoms with Gasteiger partial charge >= 0.3 is 6.18 Å². The molecule has 0 fully saturated rings. The third-order valence-electron chi connectivity index (χ3n) is 2.69. The van der Waals surface area contributed by atoms with Crippen LogP contribution in [-0.4, -0.2) is 32.8 Å². The second kappa shape index (κ2) is 6.73. The van der Waals surface area contributed by atoms with Gasteiger partial charge in [0, 0.05) is 19.5 Å². The number of hydrogen-bond acceptors (Lipinski definition) is 5. The number of nitrogens with one attached hydrogen (secondary N) is 2. The zero-order chi connectivity index (χ0) is 16.2. The lowest BCUT2D eigenvalue weighted by molar-refractivity contribution is -0.140. The molecule has 2 N–H and O–H groups in total. The van der Waals surface area contributed by atoms with Gasteiger partial charge in [0.2, 0.25) is 0 Å². The number of nitrogens with zero attached hydrogens (tertiary/aromatic N) is 5. The van der Waals surface area contributed by atoms with Gasteiger partial charge in [-0.25, -0.2) is 9.97 Å². The van der Waals surface area contributed by atoms with Crippen molar-refractivity contribution in [2.75, 3.05) is 7.05 Å². The van der Waals surface area contributed by atoms with Crippen LogP contribution >= 0.6 is 11.3 Å². The van der Waals surface area contributed by atoms with Gasteiger partial charge in [0.1, 0.15) is 17.2 Å². The van der Waals surface area contributed by atoms with E-state index in [-0.39, 0.29) is 6.54 Å². The van der Waals surface area contributed by atoms with Crippen LogP contribution < -0.4 is 10.6 Å². The molecule has 0 aromatic carbocycles. The van der Waals surface area contributed by atoms with E-state index in [1.54, 1.807) is 18.8 Å². The molecule has 11 heteroatoms. The molecule has 0 saturated carbocycles. The smallest absolute Gasteiger partial charge is 0.350 e. The Morgan fingerprint density at radius 3 is 2.64 bits per heavy atom. The Kier molecular flexibility index (Phi) is 4.96. The van der Waals surface area contributed by atoms with Crippen molar-refractivity contribution in [1.29, 1.82) is 0 Å². The highest BCUT2D eigenvalue weighted by atomic mass is 32.1. The molecule has 2 aromatic heterocycles. The van der Waals surface area contributed by atoms with E-state index in [9.17, 15) is 13.2 Å². The summed E-state index contributed by atoms with van der Waals surface area (Å²) in [6.45, 7) is 0.543. The average Bonchev–Trinajstić information content (AvgIpc) is 3.08. The van der Waals surface area contributed by atoms with E-state index in [0.717, 1.165) is 16.7 Å². The molecular weight excluding hydrogens is 319 g/mol. The molecule has 0 amide bonds. The lowest BCUT2D eigenvalue weighted by atomic mass is 10.5. The molecule has 0 aliphatic rings. The van der Waals surface area contributed by atoms with Gasteiger partial charge in [-0.05, 0) is 0 Å². The number of aryl methyl sites for hydroxylation is 1. The molecular formula is C11H14F3N7S. The summed E-state index contributed by atoms with van der Waals surface area (Å²) >= 11 is 0.944. The number of aromatic nitrogens is 4. The molecule has 0 atom stereocenters.